The van der Waals surface area contributed by atoms with Gasteiger partial charge >= 0.3 is 5.97 Å². The van der Waals surface area contributed by atoms with Gasteiger partial charge in [0.15, 0.2) is 6.10 Å². The molecule has 0 saturated heterocycles. The quantitative estimate of drug-likeness (QED) is 0.217. The normalized spacial score (nSPS) is 12.0. The van der Waals surface area contributed by atoms with E-state index in [2.05, 4.69) is 5.32 Å². The van der Waals surface area contributed by atoms with Gasteiger partial charge < -0.3 is 14.8 Å². The highest BCUT2D eigenvalue weighted by Crippen LogP contribution is 2.29. The number of methoxy groups -OCH3 is 1. The van der Waals surface area contributed by atoms with Gasteiger partial charge in [0, 0.05) is 17.0 Å². The number of anilines is 1. The van der Waals surface area contributed by atoms with E-state index < -0.39 is 28.7 Å². The van der Waals surface area contributed by atoms with E-state index in [1.165, 1.54) is 61.8 Å². The van der Waals surface area contributed by atoms with Gasteiger partial charge in [0.05, 0.1) is 23.3 Å². The smallest absolute Gasteiger partial charge is 0.340 e. The van der Waals surface area contributed by atoms with Gasteiger partial charge in [-0.3, -0.25) is 14.9 Å². The van der Waals surface area contributed by atoms with Crippen molar-refractivity contribution < 1.29 is 28.4 Å². The molecule has 3 rings (SSSR count). The zero-order valence-corrected chi connectivity index (χ0v) is 18.4. The summed E-state index contributed by atoms with van der Waals surface area (Å²) in [7, 11) is 1.35. The van der Waals surface area contributed by atoms with Crippen LogP contribution in [-0.4, -0.2) is 30.0 Å². The standard InChI is InChI=1S/C23H19FN2O6S/c1-14(22(27)25-19-13-17(26(29)30)9-10-20(19)31-2)32-23(28)18(21-4-3-11-33-21)12-15-5-7-16(24)8-6-15/h3-14H,1-2H3,(H,25,27)/b18-12+. The van der Waals surface area contributed by atoms with Crippen LogP contribution >= 0.6 is 11.3 Å². The second kappa shape index (κ2) is 10.5. The second-order valence-corrected chi connectivity index (χ2v) is 7.71. The Kier molecular flexibility index (Phi) is 7.52. The number of thiophene rings is 1. The number of carbonyl (C=O) groups excluding carboxylic acids is 2. The van der Waals surface area contributed by atoms with Crippen LogP contribution < -0.4 is 10.1 Å². The molecule has 33 heavy (non-hydrogen) atoms. The number of amides is 1. The molecule has 2 aromatic carbocycles. The van der Waals surface area contributed by atoms with Crippen molar-refractivity contribution in [1.29, 1.82) is 0 Å². The average Bonchev–Trinajstić information content (AvgIpc) is 3.33. The Morgan fingerprint density at radius 2 is 1.91 bits per heavy atom. The van der Waals surface area contributed by atoms with Gasteiger partial charge in [-0.25, -0.2) is 9.18 Å². The summed E-state index contributed by atoms with van der Waals surface area (Å²) in [5.41, 5.74) is 0.609. The number of benzene rings is 2. The second-order valence-electron chi connectivity index (χ2n) is 6.77. The molecule has 1 N–H and O–H groups in total. The number of rotatable bonds is 8. The van der Waals surface area contributed by atoms with E-state index in [4.69, 9.17) is 9.47 Å². The van der Waals surface area contributed by atoms with Crippen molar-refractivity contribution in [2.45, 2.75) is 13.0 Å². The van der Waals surface area contributed by atoms with Crippen LogP contribution in [0.15, 0.2) is 60.0 Å². The summed E-state index contributed by atoms with van der Waals surface area (Å²) in [4.78, 5) is 36.6. The number of esters is 1. The highest BCUT2D eigenvalue weighted by molar-refractivity contribution is 7.11. The summed E-state index contributed by atoms with van der Waals surface area (Å²) in [5.74, 6) is -1.65. The van der Waals surface area contributed by atoms with Crippen LogP contribution in [0.5, 0.6) is 5.75 Å². The lowest BCUT2D eigenvalue weighted by Crippen LogP contribution is -2.30. The van der Waals surface area contributed by atoms with Crippen molar-refractivity contribution in [3.05, 3.63) is 86.3 Å². The first-order chi connectivity index (χ1) is 15.8. The van der Waals surface area contributed by atoms with E-state index in [-0.39, 0.29) is 22.7 Å². The summed E-state index contributed by atoms with van der Waals surface area (Å²) in [6.45, 7) is 1.38. The van der Waals surface area contributed by atoms with Crippen LogP contribution in [0.4, 0.5) is 15.8 Å². The van der Waals surface area contributed by atoms with Crippen molar-refractivity contribution in [2.24, 2.45) is 0 Å². The summed E-state index contributed by atoms with van der Waals surface area (Å²) in [6, 6.07) is 12.8. The lowest BCUT2D eigenvalue weighted by atomic mass is 10.1. The van der Waals surface area contributed by atoms with Gasteiger partial charge in [0.2, 0.25) is 0 Å². The van der Waals surface area contributed by atoms with Crippen LogP contribution in [0.3, 0.4) is 0 Å². The Hall–Kier alpha value is -4.05. The number of nitro benzene ring substituents is 1. The van der Waals surface area contributed by atoms with Crippen LogP contribution in [0.1, 0.15) is 17.4 Å². The zero-order valence-electron chi connectivity index (χ0n) is 17.6. The van der Waals surface area contributed by atoms with Gasteiger partial charge in [-0.05, 0) is 48.2 Å². The number of ether oxygens (including phenoxy) is 2. The van der Waals surface area contributed by atoms with Crippen molar-refractivity contribution in [2.75, 3.05) is 12.4 Å². The number of hydrogen-bond acceptors (Lipinski definition) is 7. The molecule has 170 valence electrons. The molecule has 0 saturated carbocycles. The molecular formula is C23H19FN2O6S. The van der Waals surface area contributed by atoms with Gasteiger partial charge in [-0.15, -0.1) is 11.3 Å². The van der Waals surface area contributed by atoms with E-state index in [1.54, 1.807) is 23.6 Å². The molecular weight excluding hydrogens is 451 g/mol. The first-order valence-electron chi connectivity index (χ1n) is 9.64. The molecule has 0 spiro atoms. The fourth-order valence-electron chi connectivity index (χ4n) is 2.81. The minimum Gasteiger partial charge on any atom is -0.495 e. The van der Waals surface area contributed by atoms with Gasteiger partial charge in [0.1, 0.15) is 11.6 Å². The molecule has 3 aromatic rings. The molecule has 0 aliphatic carbocycles. The fraction of sp³-hybridized carbons (Fsp3) is 0.130. The summed E-state index contributed by atoms with van der Waals surface area (Å²) in [6.07, 6.45) is 0.319. The van der Waals surface area contributed by atoms with E-state index in [1.807, 2.05) is 0 Å². The monoisotopic (exact) mass is 470 g/mol. The van der Waals surface area contributed by atoms with Crippen molar-refractivity contribution in [3.8, 4) is 5.75 Å². The Morgan fingerprint density at radius 3 is 2.52 bits per heavy atom. The number of nitrogens with zero attached hydrogens (tertiary/aromatic N) is 1. The molecule has 8 nitrogen and oxygen atoms in total. The third-order valence-corrected chi connectivity index (χ3v) is 5.40. The number of nitro groups is 1. The Morgan fingerprint density at radius 1 is 1.18 bits per heavy atom. The van der Waals surface area contributed by atoms with E-state index >= 15 is 0 Å². The van der Waals surface area contributed by atoms with E-state index in [0.29, 0.717) is 10.4 Å². The van der Waals surface area contributed by atoms with Crippen LogP contribution in [-0.2, 0) is 14.3 Å². The molecule has 1 amide bonds. The Balaban J connectivity index is 1.79. The highest BCUT2D eigenvalue weighted by Gasteiger charge is 2.24. The maximum absolute atomic E-state index is 13.2. The van der Waals surface area contributed by atoms with Gasteiger partial charge in [0.25, 0.3) is 11.6 Å². The maximum Gasteiger partial charge on any atom is 0.340 e. The molecule has 1 heterocycles. The highest BCUT2D eigenvalue weighted by atomic mass is 32.1. The predicted molar refractivity (Wildman–Crippen MR) is 122 cm³/mol. The minimum absolute atomic E-state index is 0.0694. The molecule has 1 unspecified atom stereocenters. The first kappa shape index (κ1) is 23.6. The van der Waals surface area contributed by atoms with E-state index in [9.17, 15) is 24.1 Å². The molecule has 1 atom stereocenters. The number of halogens is 1. The van der Waals surface area contributed by atoms with Gasteiger partial charge in [-0.1, -0.05) is 18.2 Å². The summed E-state index contributed by atoms with van der Waals surface area (Å²) >= 11 is 1.30. The third kappa shape index (κ3) is 6.01. The maximum atomic E-state index is 13.2. The molecule has 0 radical (unpaired) electrons. The minimum atomic E-state index is -1.22. The number of carbonyl (C=O) groups is 2. The predicted octanol–water partition coefficient (Wildman–Crippen LogP) is 4.92. The SMILES string of the molecule is COc1ccc([N+](=O)[O-])cc1NC(=O)C(C)OC(=O)/C(=C/c1ccc(F)cc1)c1cccs1. The lowest BCUT2D eigenvalue weighted by molar-refractivity contribution is -0.384. The zero-order chi connectivity index (χ0) is 24.0. The summed E-state index contributed by atoms with van der Waals surface area (Å²) in [5, 5.41) is 15.3. The topological polar surface area (TPSA) is 108 Å². The van der Waals surface area contributed by atoms with Crippen molar-refractivity contribution in [3.63, 3.8) is 0 Å². The first-order valence-corrected chi connectivity index (χ1v) is 10.5. The third-order valence-electron chi connectivity index (χ3n) is 4.49. The Labute approximate surface area is 192 Å². The average molecular weight is 470 g/mol. The fourth-order valence-corrected chi connectivity index (χ4v) is 3.54. The van der Waals surface area contributed by atoms with Crippen molar-refractivity contribution >= 4 is 46.2 Å². The molecule has 0 bridgehead atoms. The molecule has 0 aliphatic heterocycles. The molecule has 0 aliphatic rings. The molecule has 1 aromatic heterocycles. The van der Waals surface area contributed by atoms with Crippen LogP contribution in [0.2, 0.25) is 0 Å². The largest absolute Gasteiger partial charge is 0.495 e. The van der Waals surface area contributed by atoms with E-state index in [0.717, 1.165) is 6.07 Å². The lowest BCUT2D eigenvalue weighted by Gasteiger charge is -2.16. The molecule has 10 heteroatoms. The summed E-state index contributed by atoms with van der Waals surface area (Å²) < 4.78 is 23.7. The number of hydrogen-bond donors (Lipinski definition) is 1. The van der Waals surface area contributed by atoms with Crippen molar-refractivity contribution in [1.82, 2.24) is 0 Å². The number of nitrogens with one attached hydrogen (secondary N) is 1. The molecule has 0 fully saturated rings. The van der Waals surface area contributed by atoms with Crippen LogP contribution in [0, 0.1) is 15.9 Å². The number of non-ortho nitro benzene ring substituents is 1. The Bertz CT molecular complexity index is 1190. The van der Waals surface area contributed by atoms with Gasteiger partial charge in [-0.2, -0.15) is 0 Å². The van der Waals surface area contributed by atoms with Crippen LogP contribution in [0.25, 0.3) is 11.6 Å².